The second-order valence-electron chi connectivity index (χ2n) is 6.44. The molecule has 1 aromatic heterocycles. The van der Waals surface area contributed by atoms with Gasteiger partial charge in [0.2, 0.25) is 5.91 Å². The number of imidazole rings is 1. The van der Waals surface area contributed by atoms with E-state index in [2.05, 4.69) is 15.3 Å². The summed E-state index contributed by atoms with van der Waals surface area (Å²) < 4.78 is 4.77. The standard InChI is InChI=1S/C19H25N3O3S/c1-12(2)10-15(18(24)25-4)21-16(23)11-26-19-20-13(3)17(22-19)14-8-6-5-7-9-14/h5-9,12,15H,10-11H2,1-4H3,(H,20,22)(H,21,23)/t15-/m0/s1. The van der Waals surface area contributed by atoms with E-state index in [-0.39, 0.29) is 17.6 Å². The Morgan fingerprint density at radius 2 is 1.96 bits per heavy atom. The molecule has 0 aliphatic heterocycles. The number of methoxy groups -OCH3 is 1. The average molecular weight is 375 g/mol. The molecule has 1 aromatic carbocycles. The minimum atomic E-state index is -0.619. The summed E-state index contributed by atoms with van der Waals surface area (Å²) in [5.74, 6) is -0.195. The topological polar surface area (TPSA) is 84.1 Å². The van der Waals surface area contributed by atoms with Crippen molar-refractivity contribution in [1.82, 2.24) is 15.3 Å². The number of carbonyl (C=O) groups is 2. The molecule has 140 valence electrons. The number of aromatic nitrogens is 2. The Morgan fingerprint density at radius 3 is 2.58 bits per heavy atom. The van der Waals surface area contributed by atoms with Gasteiger partial charge in [-0.15, -0.1) is 0 Å². The highest BCUT2D eigenvalue weighted by Gasteiger charge is 2.22. The number of amides is 1. The van der Waals surface area contributed by atoms with Crippen LogP contribution in [-0.4, -0.2) is 40.7 Å². The van der Waals surface area contributed by atoms with Gasteiger partial charge in [-0.2, -0.15) is 0 Å². The third kappa shape index (κ3) is 5.62. The van der Waals surface area contributed by atoms with Crippen molar-refractivity contribution in [2.45, 2.75) is 38.4 Å². The van der Waals surface area contributed by atoms with Gasteiger partial charge < -0.3 is 15.0 Å². The number of hydrogen-bond acceptors (Lipinski definition) is 5. The van der Waals surface area contributed by atoms with Gasteiger partial charge in [0.15, 0.2) is 5.16 Å². The first-order chi connectivity index (χ1) is 12.4. The Morgan fingerprint density at radius 1 is 1.27 bits per heavy atom. The van der Waals surface area contributed by atoms with Crippen LogP contribution in [0.5, 0.6) is 0 Å². The van der Waals surface area contributed by atoms with Crippen molar-refractivity contribution < 1.29 is 14.3 Å². The third-order valence-electron chi connectivity index (χ3n) is 3.78. The van der Waals surface area contributed by atoms with Gasteiger partial charge in [-0.05, 0) is 19.3 Å². The van der Waals surface area contributed by atoms with Crippen molar-refractivity contribution in [2.75, 3.05) is 12.9 Å². The van der Waals surface area contributed by atoms with Crippen LogP contribution in [0.3, 0.4) is 0 Å². The van der Waals surface area contributed by atoms with Gasteiger partial charge in [0.05, 0.1) is 18.6 Å². The molecular formula is C19H25N3O3S. The molecule has 6 nitrogen and oxygen atoms in total. The molecule has 2 rings (SSSR count). The van der Waals surface area contributed by atoms with Crippen LogP contribution in [0.15, 0.2) is 35.5 Å². The first-order valence-electron chi connectivity index (χ1n) is 8.52. The maximum Gasteiger partial charge on any atom is 0.328 e. The highest BCUT2D eigenvalue weighted by Crippen LogP contribution is 2.24. The van der Waals surface area contributed by atoms with Crippen LogP contribution in [0, 0.1) is 12.8 Å². The molecule has 0 saturated carbocycles. The Kier molecular flexibility index (Phi) is 7.26. The Bertz CT molecular complexity index is 744. The minimum Gasteiger partial charge on any atom is -0.467 e. The third-order valence-corrected chi connectivity index (χ3v) is 4.65. The lowest BCUT2D eigenvalue weighted by Crippen LogP contribution is -2.43. The van der Waals surface area contributed by atoms with Crippen LogP contribution in [-0.2, 0) is 14.3 Å². The molecule has 0 radical (unpaired) electrons. The number of thioether (sulfide) groups is 1. The number of H-pyrrole nitrogens is 1. The van der Waals surface area contributed by atoms with Crippen molar-refractivity contribution in [3.8, 4) is 11.3 Å². The van der Waals surface area contributed by atoms with Gasteiger partial charge in [-0.25, -0.2) is 9.78 Å². The van der Waals surface area contributed by atoms with E-state index in [0.29, 0.717) is 11.6 Å². The van der Waals surface area contributed by atoms with Crippen LogP contribution in [0.1, 0.15) is 26.0 Å². The van der Waals surface area contributed by atoms with Crippen molar-refractivity contribution in [3.63, 3.8) is 0 Å². The normalized spacial score (nSPS) is 12.0. The van der Waals surface area contributed by atoms with Crippen molar-refractivity contribution >= 4 is 23.6 Å². The molecule has 0 aliphatic carbocycles. The van der Waals surface area contributed by atoms with E-state index in [1.807, 2.05) is 51.1 Å². The molecule has 1 heterocycles. The summed E-state index contributed by atoms with van der Waals surface area (Å²) in [6, 6.07) is 9.26. The summed E-state index contributed by atoms with van der Waals surface area (Å²) in [6.07, 6.45) is 0.543. The number of nitrogens with zero attached hydrogens (tertiary/aromatic N) is 1. The zero-order valence-electron chi connectivity index (χ0n) is 15.5. The van der Waals surface area contributed by atoms with E-state index in [0.717, 1.165) is 17.0 Å². The van der Waals surface area contributed by atoms with E-state index in [4.69, 9.17) is 4.74 Å². The van der Waals surface area contributed by atoms with Crippen LogP contribution in [0.4, 0.5) is 0 Å². The molecule has 0 saturated heterocycles. The zero-order valence-corrected chi connectivity index (χ0v) is 16.4. The molecule has 1 atom stereocenters. The van der Waals surface area contributed by atoms with Gasteiger partial charge in [0.1, 0.15) is 6.04 Å². The molecule has 0 fully saturated rings. The monoisotopic (exact) mass is 375 g/mol. The predicted molar refractivity (Wildman–Crippen MR) is 103 cm³/mol. The fourth-order valence-corrected chi connectivity index (χ4v) is 3.31. The highest BCUT2D eigenvalue weighted by atomic mass is 32.2. The number of rotatable bonds is 8. The Balaban J connectivity index is 1.96. The first-order valence-corrected chi connectivity index (χ1v) is 9.51. The number of ether oxygens (including phenoxy) is 1. The second kappa shape index (κ2) is 9.43. The lowest BCUT2D eigenvalue weighted by molar-refractivity contribution is -0.145. The number of benzene rings is 1. The fourth-order valence-electron chi connectivity index (χ4n) is 2.58. The van der Waals surface area contributed by atoms with Gasteiger partial charge in [-0.1, -0.05) is 55.9 Å². The summed E-state index contributed by atoms with van der Waals surface area (Å²) in [6.45, 7) is 5.94. The van der Waals surface area contributed by atoms with Crippen LogP contribution >= 0.6 is 11.8 Å². The fraction of sp³-hybridized carbons (Fsp3) is 0.421. The molecule has 0 spiro atoms. The summed E-state index contributed by atoms with van der Waals surface area (Å²) in [7, 11) is 1.33. The summed E-state index contributed by atoms with van der Waals surface area (Å²) in [5.41, 5.74) is 2.85. The average Bonchev–Trinajstić information content (AvgIpc) is 3.00. The van der Waals surface area contributed by atoms with Crippen LogP contribution in [0.2, 0.25) is 0 Å². The molecule has 7 heteroatoms. The first kappa shape index (κ1) is 20.0. The van der Waals surface area contributed by atoms with Crippen molar-refractivity contribution in [1.29, 1.82) is 0 Å². The smallest absolute Gasteiger partial charge is 0.328 e. The maximum atomic E-state index is 12.2. The van der Waals surface area contributed by atoms with Gasteiger partial charge in [-0.3, -0.25) is 4.79 Å². The van der Waals surface area contributed by atoms with Gasteiger partial charge in [0, 0.05) is 11.3 Å². The van der Waals surface area contributed by atoms with E-state index in [9.17, 15) is 9.59 Å². The molecule has 0 bridgehead atoms. The van der Waals surface area contributed by atoms with Crippen molar-refractivity contribution in [2.24, 2.45) is 5.92 Å². The van der Waals surface area contributed by atoms with E-state index < -0.39 is 12.0 Å². The zero-order chi connectivity index (χ0) is 19.1. The molecule has 1 amide bonds. The molecule has 26 heavy (non-hydrogen) atoms. The van der Waals surface area contributed by atoms with E-state index in [1.165, 1.54) is 18.9 Å². The minimum absolute atomic E-state index is 0.173. The predicted octanol–water partition coefficient (Wildman–Crippen LogP) is 3.18. The number of aromatic amines is 1. The number of aryl methyl sites for hydroxylation is 1. The number of hydrogen-bond donors (Lipinski definition) is 2. The molecule has 2 aromatic rings. The summed E-state index contributed by atoms with van der Waals surface area (Å²) >= 11 is 1.31. The number of esters is 1. The summed E-state index contributed by atoms with van der Waals surface area (Å²) in [4.78, 5) is 31.8. The van der Waals surface area contributed by atoms with Gasteiger partial charge in [0.25, 0.3) is 0 Å². The van der Waals surface area contributed by atoms with Gasteiger partial charge >= 0.3 is 5.97 Å². The molecular weight excluding hydrogens is 350 g/mol. The highest BCUT2D eigenvalue weighted by molar-refractivity contribution is 7.99. The molecule has 0 aliphatic rings. The van der Waals surface area contributed by atoms with E-state index in [1.54, 1.807) is 0 Å². The number of nitrogens with one attached hydrogen (secondary N) is 2. The lowest BCUT2D eigenvalue weighted by Gasteiger charge is -2.18. The van der Waals surface area contributed by atoms with E-state index >= 15 is 0 Å². The summed E-state index contributed by atoms with van der Waals surface area (Å²) in [5, 5.41) is 3.42. The molecule has 2 N–H and O–H groups in total. The maximum absolute atomic E-state index is 12.2. The van der Waals surface area contributed by atoms with Crippen LogP contribution < -0.4 is 5.32 Å². The quantitative estimate of drug-likeness (QED) is 0.547. The number of carbonyl (C=O) groups excluding carboxylic acids is 2. The SMILES string of the molecule is COC(=O)[C@H](CC(C)C)NC(=O)CSc1nc(-c2ccccc2)c(C)[nH]1. The Labute approximate surface area is 158 Å². The van der Waals surface area contributed by atoms with Crippen LogP contribution in [0.25, 0.3) is 11.3 Å². The van der Waals surface area contributed by atoms with Crippen molar-refractivity contribution in [3.05, 3.63) is 36.0 Å². The lowest BCUT2D eigenvalue weighted by atomic mass is 10.0. The largest absolute Gasteiger partial charge is 0.467 e. The molecule has 0 unspecified atom stereocenters. The Hall–Kier alpha value is -2.28. The second-order valence-corrected chi connectivity index (χ2v) is 7.41.